The van der Waals surface area contributed by atoms with Crippen molar-refractivity contribution >= 4 is 0 Å². The van der Waals surface area contributed by atoms with Crippen LogP contribution < -0.4 is 5.32 Å². The lowest BCUT2D eigenvalue weighted by molar-refractivity contribution is 0.565. The van der Waals surface area contributed by atoms with Crippen LogP contribution in [0.2, 0.25) is 0 Å². The lowest BCUT2D eigenvalue weighted by atomic mass is 10.1. The topological polar surface area (TPSA) is 84.6 Å². The molecule has 6 heteroatoms. The lowest BCUT2D eigenvalue weighted by Crippen LogP contribution is -2.23. The highest BCUT2D eigenvalue weighted by Gasteiger charge is 2.12. The quantitative estimate of drug-likeness (QED) is 0.356. The molecule has 0 aliphatic carbocycles. The third kappa shape index (κ3) is 3.24. The van der Waals surface area contributed by atoms with E-state index in [9.17, 15) is 4.39 Å². The second-order valence-corrected chi connectivity index (χ2v) is 2.99. The summed E-state index contributed by atoms with van der Waals surface area (Å²) in [4.78, 5) is 2.58. The van der Waals surface area contributed by atoms with E-state index in [0.717, 1.165) is 0 Å². The number of halogens is 1. The highest BCUT2D eigenvalue weighted by molar-refractivity contribution is 5.25. The van der Waals surface area contributed by atoms with Crippen molar-refractivity contribution in [1.29, 1.82) is 5.26 Å². The summed E-state index contributed by atoms with van der Waals surface area (Å²) in [6, 6.07) is 7.30. The van der Waals surface area contributed by atoms with E-state index in [4.69, 9.17) is 10.8 Å². The van der Waals surface area contributed by atoms with E-state index in [1.54, 1.807) is 18.2 Å². The van der Waals surface area contributed by atoms with E-state index in [1.165, 1.54) is 6.07 Å². The fourth-order valence-corrected chi connectivity index (χ4v) is 1.24. The Hall–Kier alpha value is -2.09. The number of hydrogen-bond donors (Lipinski definition) is 1. The number of nitriles is 1. The summed E-state index contributed by atoms with van der Waals surface area (Å²) in [5, 5.41) is 15.0. The molecule has 0 aliphatic rings. The lowest BCUT2D eigenvalue weighted by Gasteiger charge is -2.11. The minimum atomic E-state index is -0.727. The summed E-state index contributed by atoms with van der Waals surface area (Å²) < 4.78 is 13.3. The first-order chi connectivity index (χ1) is 7.79. The maximum Gasteiger partial charge on any atom is 0.129 e. The van der Waals surface area contributed by atoms with Gasteiger partial charge < -0.3 is 0 Å². The largest absolute Gasteiger partial charge is 0.298 e. The summed E-state index contributed by atoms with van der Waals surface area (Å²) in [7, 11) is 0. The first-order valence-electron chi connectivity index (χ1n) is 4.68. The van der Waals surface area contributed by atoms with Gasteiger partial charge in [-0.1, -0.05) is 23.3 Å². The third-order valence-corrected chi connectivity index (χ3v) is 1.97. The van der Waals surface area contributed by atoms with Crippen LogP contribution in [0.4, 0.5) is 4.39 Å². The smallest absolute Gasteiger partial charge is 0.129 e. The predicted molar refractivity (Wildman–Crippen MR) is 56.8 cm³/mol. The summed E-state index contributed by atoms with van der Waals surface area (Å²) in [6.45, 7) is 0.555. The van der Waals surface area contributed by atoms with Crippen molar-refractivity contribution < 1.29 is 4.39 Å². The zero-order valence-corrected chi connectivity index (χ0v) is 8.47. The summed E-state index contributed by atoms with van der Waals surface area (Å²) in [6.07, 6.45) is 0. The van der Waals surface area contributed by atoms with Gasteiger partial charge in [-0.05, 0) is 11.6 Å². The molecule has 0 bridgehead atoms. The summed E-state index contributed by atoms with van der Waals surface area (Å²) in [5.74, 6) is -0.426. The van der Waals surface area contributed by atoms with E-state index in [-0.39, 0.29) is 6.54 Å². The number of azide groups is 1. The molecule has 1 aromatic carbocycles. The van der Waals surface area contributed by atoms with Crippen molar-refractivity contribution in [2.75, 3.05) is 13.1 Å². The molecule has 5 nitrogen and oxygen atoms in total. The Balaban J connectivity index is 2.65. The minimum Gasteiger partial charge on any atom is -0.298 e. The average Bonchev–Trinajstić information content (AvgIpc) is 2.31. The van der Waals surface area contributed by atoms with Crippen molar-refractivity contribution in [3.63, 3.8) is 0 Å². The zero-order valence-electron chi connectivity index (χ0n) is 8.47. The van der Waals surface area contributed by atoms with Crippen LogP contribution in [0.25, 0.3) is 10.4 Å². The van der Waals surface area contributed by atoms with E-state index in [2.05, 4.69) is 15.3 Å². The van der Waals surface area contributed by atoms with Gasteiger partial charge in [-0.3, -0.25) is 5.32 Å². The highest BCUT2D eigenvalue weighted by atomic mass is 19.1. The van der Waals surface area contributed by atoms with E-state index < -0.39 is 11.9 Å². The van der Waals surface area contributed by atoms with Gasteiger partial charge in [-0.15, -0.1) is 0 Å². The Morgan fingerprint density at radius 1 is 1.56 bits per heavy atom. The molecule has 0 radical (unpaired) electrons. The van der Waals surface area contributed by atoms with Crippen LogP contribution in [-0.4, -0.2) is 13.1 Å². The normalized spacial score (nSPS) is 11.2. The van der Waals surface area contributed by atoms with Gasteiger partial charge in [0.2, 0.25) is 0 Å². The second kappa shape index (κ2) is 6.40. The molecule has 0 spiro atoms. The third-order valence-electron chi connectivity index (χ3n) is 1.97. The molecule has 16 heavy (non-hydrogen) atoms. The molecule has 0 saturated heterocycles. The fourth-order valence-electron chi connectivity index (χ4n) is 1.24. The van der Waals surface area contributed by atoms with Gasteiger partial charge in [-0.25, -0.2) is 4.39 Å². The number of benzene rings is 1. The fraction of sp³-hybridized carbons (Fsp3) is 0.300. The Morgan fingerprint density at radius 2 is 2.31 bits per heavy atom. The molecule has 1 aromatic rings. The van der Waals surface area contributed by atoms with Crippen LogP contribution in [-0.2, 0) is 0 Å². The van der Waals surface area contributed by atoms with E-state index >= 15 is 0 Å². The molecule has 1 rings (SSSR count). The van der Waals surface area contributed by atoms with Crippen molar-refractivity contribution in [1.82, 2.24) is 5.32 Å². The number of hydrogen-bond acceptors (Lipinski definition) is 3. The van der Waals surface area contributed by atoms with Crippen LogP contribution in [0.5, 0.6) is 0 Å². The van der Waals surface area contributed by atoms with Gasteiger partial charge in [0.15, 0.2) is 0 Å². The highest BCUT2D eigenvalue weighted by Crippen LogP contribution is 2.15. The van der Waals surface area contributed by atoms with Gasteiger partial charge >= 0.3 is 0 Å². The Kier molecular flexibility index (Phi) is 4.80. The monoisotopic (exact) mass is 219 g/mol. The SMILES string of the molecule is N#CC(NCCN=[N+]=[N-])c1ccccc1F. The molecule has 0 fully saturated rings. The zero-order chi connectivity index (χ0) is 11.8. The Bertz CT molecular complexity index is 433. The standard InChI is InChI=1S/C10H10FN5/c11-9-4-2-1-3-8(9)10(7-12)14-5-6-15-16-13/h1-4,10,14H,5-6H2. The summed E-state index contributed by atoms with van der Waals surface area (Å²) >= 11 is 0. The van der Waals surface area contributed by atoms with Gasteiger partial charge in [0, 0.05) is 23.6 Å². The van der Waals surface area contributed by atoms with Crippen molar-refractivity contribution in [3.8, 4) is 6.07 Å². The van der Waals surface area contributed by atoms with Gasteiger partial charge in [0.05, 0.1) is 6.07 Å². The Morgan fingerprint density at radius 3 is 2.94 bits per heavy atom. The van der Waals surface area contributed by atoms with Crippen LogP contribution >= 0.6 is 0 Å². The number of nitrogens with one attached hydrogen (secondary N) is 1. The van der Waals surface area contributed by atoms with Crippen LogP contribution in [0.3, 0.4) is 0 Å². The molecule has 0 heterocycles. The molecular weight excluding hydrogens is 209 g/mol. The van der Waals surface area contributed by atoms with E-state index in [1.807, 2.05) is 6.07 Å². The van der Waals surface area contributed by atoms with Crippen molar-refractivity contribution in [2.45, 2.75) is 6.04 Å². The van der Waals surface area contributed by atoms with Gasteiger partial charge in [-0.2, -0.15) is 5.26 Å². The van der Waals surface area contributed by atoms with Crippen molar-refractivity contribution in [3.05, 3.63) is 46.1 Å². The maximum absolute atomic E-state index is 13.3. The molecule has 1 atom stereocenters. The molecule has 1 N–H and O–H groups in total. The molecule has 0 aromatic heterocycles. The van der Waals surface area contributed by atoms with Gasteiger partial charge in [0.1, 0.15) is 11.9 Å². The summed E-state index contributed by atoms with van der Waals surface area (Å²) in [5.41, 5.74) is 8.35. The van der Waals surface area contributed by atoms with Crippen LogP contribution in [0.15, 0.2) is 29.4 Å². The van der Waals surface area contributed by atoms with Crippen LogP contribution in [0.1, 0.15) is 11.6 Å². The minimum absolute atomic E-state index is 0.225. The van der Waals surface area contributed by atoms with Crippen LogP contribution in [0, 0.1) is 17.1 Å². The molecule has 1 unspecified atom stereocenters. The first-order valence-corrected chi connectivity index (χ1v) is 4.68. The molecule has 0 saturated carbocycles. The first kappa shape index (κ1) is 12.0. The predicted octanol–water partition coefficient (Wildman–Crippen LogP) is 2.29. The molecule has 0 aliphatic heterocycles. The van der Waals surface area contributed by atoms with Gasteiger partial charge in [0.25, 0.3) is 0 Å². The van der Waals surface area contributed by atoms with E-state index in [0.29, 0.717) is 12.1 Å². The maximum atomic E-state index is 13.3. The number of rotatable bonds is 5. The molecular formula is C10H10FN5. The molecule has 0 amide bonds. The molecule has 82 valence electrons. The second-order valence-electron chi connectivity index (χ2n) is 2.99. The van der Waals surface area contributed by atoms with Crippen molar-refractivity contribution in [2.24, 2.45) is 5.11 Å². The number of nitrogens with zero attached hydrogens (tertiary/aromatic N) is 4. The average molecular weight is 219 g/mol. The Labute approximate surface area is 92.1 Å².